The van der Waals surface area contributed by atoms with Crippen LogP contribution in [0.4, 0.5) is 0 Å². The van der Waals surface area contributed by atoms with Crippen LogP contribution in [0.5, 0.6) is 0 Å². The number of amides is 2. The van der Waals surface area contributed by atoms with Crippen molar-refractivity contribution in [3.05, 3.63) is 27.3 Å². The minimum Gasteiger partial charge on any atom is -0.340 e. The van der Waals surface area contributed by atoms with Gasteiger partial charge in [0.1, 0.15) is 4.32 Å². The van der Waals surface area contributed by atoms with E-state index in [1.54, 1.807) is 16.2 Å². The molecule has 2 amide bonds. The summed E-state index contributed by atoms with van der Waals surface area (Å²) in [7, 11) is 0. The summed E-state index contributed by atoms with van der Waals surface area (Å²) < 4.78 is 0.547. The van der Waals surface area contributed by atoms with Crippen LogP contribution in [0, 0.1) is 0 Å². The standard InChI is InChI=1S/C18H22N2O2S3/c1-2-13-6-3-4-9-19(13)16(21)8-10-20-17(22)15(25-18(20)23)12-14-7-5-11-24-14/h5,7,11-13H,2-4,6,8-10H2,1H3/b15-12-. The molecule has 0 N–H and O–H groups in total. The van der Waals surface area contributed by atoms with Crippen LogP contribution in [0.3, 0.4) is 0 Å². The Labute approximate surface area is 162 Å². The van der Waals surface area contributed by atoms with E-state index in [0.29, 0.717) is 28.2 Å². The maximum absolute atomic E-state index is 12.6. The number of thiophene rings is 1. The van der Waals surface area contributed by atoms with Crippen molar-refractivity contribution in [2.24, 2.45) is 0 Å². The second-order valence-corrected chi connectivity index (χ2v) is 8.90. The summed E-state index contributed by atoms with van der Waals surface area (Å²) in [5, 5.41) is 1.98. The lowest BCUT2D eigenvalue weighted by atomic mass is 9.99. The zero-order valence-corrected chi connectivity index (χ0v) is 16.7. The van der Waals surface area contributed by atoms with Crippen LogP contribution < -0.4 is 0 Å². The normalized spacial score (nSPS) is 22.9. The monoisotopic (exact) mass is 394 g/mol. The number of rotatable bonds is 5. The Morgan fingerprint density at radius 2 is 2.28 bits per heavy atom. The van der Waals surface area contributed by atoms with Crippen LogP contribution >= 0.6 is 35.3 Å². The molecule has 134 valence electrons. The summed E-state index contributed by atoms with van der Waals surface area (Å²) in [6.45, 7) is 3.35. The number of thiocarbonyl (C=S) groups is 1. The van der Waals surface area contributed by atoms with Gasteiger partial charge in [0, 0.05) is 30.4 Å². The Balaban J connectivity index is 1.60. The Bertz CT molecular complexity index is 685. The molecule has 3 rings (SSSR count). The molecule has 2 saturated heterocycles. The summed E-state index contributed by atoms with van der Waals surface area (Å²) in [6, 6.07) is 4.28. The number of piperidine rings is 1. The van der Waals surface area contributed by atoms with Gasteiger partial charge in [-0.15, -0.1) is 11.3 Å². The van der Waals surface area contributed by atoms with Gasteiger partial charge < -0.3 is 4.90 Å². The summed E-state index contributed by atoms with van der Waals surface area (Å²) in [6.07, 6.45) is 6.58. The number of nitrogens with zero attached hydrogens (tertiary/aromatic N) is 2. The first-order valence-electron chi connectivity index (χ1n) is 8.68. The zero-order chi connectivity index (χ0) is 17.8. The van der Waals surface area contributed by atoms with Crippen LogP contribution in [0.1, 0.15) is 43.9 Å². The molecule has 0 aromatic carbocycles. The SMILES string of the molecule is CCC1CCCCN1C(=O)CCN1C(=O)/C(=C/c2cccs2)SC1=S. The largest absolute Gasteiger partial charge is 0.340 e. The molecule has 25 heavy (non-hydrogen) atoms. The van der Waals surface area contributed by atoms with Gasteiger partial charge in [-0.05, 0) is 43.2 Å². The van der Waals surface area contributed by atoms with Gasteiger partial charge in [-0.25, -0.2) is 0 Å². The fourth-order valence-electron chi connectivity index (χ4n) is 3.30. The molecule has 0 saturated carbocycles. The first kappa shape index (κ1) is 18.6. The van der Waals surface area contributed by atoms with Crippen LogP contribution in [0.15, 0.2) is 22.4 Å². The first-order valence-corrected chi connectivity index (χ1v) is 10.8. The van der Waals surface area contributed by atoms with Crippen LogP contribution in [0.2, 0.25) is 0 Å². The van der Waals surface area contributed by atoms with Gasteiger partial charge in [0.15, 0.2) is 0 Å². The maximum atomic E-state index is 12.6. The van der Waals surface area contributed by atoms with E-state index in [9.17, 15) is 9.59 Å². The molecule has 2 fully saturated rings. The quantitative estimate of drug-likeness (QED) is 0.556. The Hall–Kier alpha value is -1.18. The second-order valence-electron chi connectivity index (χ2n) is 6.24. The number of hydrogen-bond acceptors (Lipinski definition) is 5. The van der Waals surface area contributed by atoms with Gasteiger partial charge >= 0.3 is 0 Å². The number of likely N-dealkylation sites (tertiary alicyclic amines) is 1. The minimum absolute atomic E-state index is 0.0816. The smallest absolute Gasteiger partial charge is 0.266 e. The number of hydrogen-bond donors (Lipinski definition) is 0. The minimum atomic E-state index is -0.0816. The fourth-order valence-corrected chi connectivity index (χ4v) is 5.33. The molecule has 0 bridgehead atoms. The van der Waals surface area contributed by atoms with Gasteiger partial charge in [0.25, 0.3) is 5.91 Å². The summed E-state index contributed by atoms with van der Waals surface area (Å²) in [5.74, 6) is 0.0599. The molecular weight excluding hydrogens is 372 g/mol. The Kier molecular flexibility index (Phi) is 6.30. The van der Waals surface area contributed by atoms with Gasteiger partial charge in [-0.3, -0.25) is 14.5 Å². The third kappa shape index (κ3) is 4.33. The van der Waals surface area contributed by atoms with E-state index in [0.717, 1.165) is 30.7 Å². The first-order chi connectivity index (χ1) is 12.1. The lowest BCUT2D eigenvalue weighted by molar-refractivity contribution is -0.135. The molecule has 0 spiro atoms. The van der Waals surface area contributed by atoms with Crippen molar-refractivity contribution < 1.29 is 9.59 Å². The van der Waals surface area contributed by atoms with Gasteiger partial charge in [0.05, 0.1) is 4.91 Å². The molecule has 1 aromatic heterocycles. The number of thioether (sulfide) groups is 1. The highest BCUT2D eigenvalue weighted by molar-refractivity contribution is 8.26. The summed E-state index contributed by atoms with van der Waals surface area (Å²) >= 11 is 8.26. The molecule has 1 atom stereocenters. The van der Waals surface area contributed by atoms with E-state index in [2.05, 4.69) is 6.92 Å². The molecule has 1 aromatic rings. The molecule has 1 unspecified atom stereocenters. The van der Waals surface area contributed by atoms with E-state index in [-0.39, 0.29) is 11.8 Å². The van der Waals surface area contributed by atoms with Crippen molar-refractivity contribution in [2.45, 2.75) is 45.1 Å². The molecule has 0 aliphatic carbocycles. The lowest BCUT2D eigenvalue weighted by Crippen LogP contribution is -2.44. The van der Waals surface area contributed by atoms with Crippen molar-refractivity contribution in [3.8, 4) is 0 Å². The summed E-state index contributed by atoms with van der Waals surface area (Å²) in [5.41, 5.74) is 0. The molecule has 4 nitrogen and oxygen atoms in total. The third-order valence-corrected chi connectivity index (χ3v) is 6.86. The van der Waals surface area contributed by atoms with Gasteiger partial charge in [-0.2, -0.15) is 0 Å². The van der Waals surface area contributed by atoms with Gasteiger partial charge in [0.2, 0.25) is 5.91 Å². The second kappa shape index (κ2) is 8.47. The predicted octanol–water partition coefficient (Wildman–Crippen LogP) is 4.13. The van der Waals surface area contributed by atoms with Crippen LogP contribution in [-0.2, 0) is 9.59 Å². The van der Waals surface area contributed by atoms with Crippen molar-refractivity contribution in [2.75, 3.05) is 13.1 Å². The van der Waals surface area contributed by atoms with Crippen molar-refractivity contribution in [1.82, 2.24) is 9.80 Å². The van der Waals surface area contributed by atoms with E-state index in [1.807, 2.05) is 28.5 Å². The Morgan fingerprint density at radius 1 is 1.44 bits per heavy atom. The highest BCUT2D eigenvalue weighted by Crippen LogP contribution is 2.33. The molecule has 2 aliphatic rings. The molecule has 3 heterocycles. The van der Waals surface area contributed by atoms with Crippen molar-refractivity contribution in [3.63, 3.8) is 0 Å². The fraction of sp³-hybridized carbons (Fsp3) is 0.500. The van der Waals surface area contributed by atoms with E-state index in [4.69, 9.17) is 12.2 Å². The highest BCUT2D eigenvalue weighted by atomic mass is 32.2. The lowest BCUT2D eigenvalue weighted by Gasteiger charge is -2.35. The van der Waals surface area contributed by atoms with Gasteiger partial charge in [-0.1, -0.05) is 37.0 Å². The topological polar surface area (TPSA) is 40.6 Å². The molecular formula is C18H22N2O2S3. The molecule has 2 aliphatic heterocycles. The van der Waals surface area contributed by atoms with Crippen molar-refractivity contribution in [1.29, 1.82) is 0 Å². The maximum Gasteiger partial charge on any atom is 0.266 e. The van der Waals surface area contributed by atoms with E-state index >= 15 is 0 Å². The average Bonchev–Trinajstić information content (AvgIpc) is 3.22. The number of carbonyl (C=O) groups excluding carboxylic acids is 2. The van der Waals surface area contributed by atoms with Crippen molar-refractivity contribution >= 4 is 57.5 Å². The average molecular weight is 395 g/mol. The Morgan fingerprint density at radius 3 is 3.00 bits per heavy atom. The van der Waals surface area contributed by atoms with E-state index in [1.165, 1.54) is 18.2 Å². The summed E-state index contributed by atoms with van der Waals surface area (Å²) in [4.78, 5) is 30.4. The predicted molar refractivity (Wildman–Crippen MR) is 108 cm³/mol. The van der Waals surface area contributed by atoms with Crippen LogP contribution in [-0.4, -0.2) is 45.1 Å². The highest BCUT2D eigenvalue weighted by Gasteiger charge is 2.33. The van der Waals surface area contributed by atoms with Crippen LogP contribution in [0.25, 0.3) is 6.08 Å². The third-order valence-electron chi connectivity index (χ3n) is 4.66. The van der Waals surface area contributed by atoms with E-state index < -0.39 is 0 Å². The zero-order valence-electron chi connectivity index (χ0n) is 14.3. The molecule has 7 heteroatoms. The number of carbonyl (C=O) groups is 2. The molecule has 0 radical (unpaired) electrons.